The van der Waals surface area contributed by atoms with E-state index in [-0.39, 0.29) is 11.0 Å². The molecule has 0 amide bonds. The van der Waals surface area contributed by atoms with Gasteiger partial charge in [0.1, 0.15) is 12.3 Å². The summed E-state index contributed by atoms with van der Waals surface area (Å²) in [5, 5.41) is 11.9. The van der Waals surface area contributed by atoms with Crippen LogP contribution in [-0.2, 0) is 17.9 Å². The first kappa shape index (κ1) is 16.8. The van der Waals surface area contributed by atoms with Crippen molar-refractivity contribution < 1.29 is 14.6 Å². The summed E-state index contributed by atoms with van der Waals surface area (Å²) in [7, 11) is 1.58. The van der Waals surface area contributed by atoms with Gasteiger partial charge in [-0.2, -0.15) is 0 Å². The molecular weight excluding hydrogens is 322 g/mol. The Balaban J connectivity index is 2.23. The lowest BCUT2D eigenvalue weighted by molar-refractivity contribution is -0.137. The number of hydrogen-bond donors (Lipinski definition) is 2. The summed E-state index contributed by atoms with van der Waals surface area (Å²) in [6.45, 7) is 1.43. The number of anilines is 1. The van der Waals surface area contributed by atoms with Crippen molar-refractivity contribution in [3.63, 3.8) is 0 Å². The molecule has 7 nitrogen and oxygen atoms in total. The number of aromatic nitrogens is 2. The normalized spacial score (nSPS) is 10.4. The van der Waals surface area contributed by atoms with E-state index in [0.29, 0.717) is 12.2 Å². The lowest BCUT2D eigenvalue weighted by atomic mass is 10.2. The predicted molar refractivity (Wildman–Crippen MR) is 86.2 cm³/mol. The Kier molecular flexibility index (Phi) is 5.23. The highest BCUT2D eigenvalue weighted by atomic mass is 35.5. The summed E-state index contributed by atoms with van der Waals surface area (Å²) in [6.07, 6.45) is 0. The summed E-state index contributed by atoms with van der Waals surface area (Å²) < 4.78 is 6.15. The molecule has 0 aliphatic heterocycles. The summed E-state index contributed by atoms with van der Waals surface area (Å²) in [4.78, 5) is 27.2. The SMILES string of the molecule is COc1ccc(CNc2nc(Cl)c(C)n(CC(=O)O)c2=O)cc1. The minimum absolute atomic E-state index is 0.0117. The van der Waals surface area contributed by atoms with Gasteiger partial charge in [0.05, 0.1) is 12.8 Å². The maximum Gasteiger partial charge on any atom is 0.323 e. The van der Waals surface area contributed by atoms with Gasteiger partial charge in [-0.05, 0) is 24.6 Å². The number of benzene rings is 1. The van der Waals surface area contributed by atoms with Gasteiger partial charge in [-0.15, -0.1) is 0 Å². The number of nitrogens with zero attached hydrogens (tertiary/aromatic N) is 2. The van der Waals surface area contributed by atoms with Crippen LogP contribution in [-0.4, -0.2) is 27.7 Å². The number of halogens is 1. The van der Waals surface area contributed by atoms with Gasteiger partial charge in [-0.3, -0.25) is 14.2 Å². The molecule has 1 aromatic carbocycles. The van der Waals surface area contributed by atoms with Crippen LogP contribution in [0.4, 0.5) is 5.82 Å². The van der Waals surface area contributed by atoms with Gasteiger partial charge in [0.25, 0.3) is 5.56 Å². The highest BCUT2D eigenvalue weighted by molar-refractivity contribution is 6.30. The fourth-order valence-electron chi connectivity index (χ4n) is 1.99. The van der Waals surface area contributed by atoms with Crippen LogP contribution in [0.2, 0.25) is 5.15 Å². The molecule has 0 unspecified atom stereocenters. The van der Waals surface area contributed by atoms with Crippen LogP contribution in [0.1, 0.15) is 11.3 Å². The molecule has 1 heterocycles. The number of nitrogens with one attached hydrogen (secondary N) is 1. The van der Waals surface area contributed by atoms with Crippen molar-refractivity contribution in [1.82, 2.24) is 9.55 Å². The average molecular weight is 338 g/mol. The summed E-state index contributed by atoms with van der Waals surface area (Å²) in [5.41, 5.74) is 0.699. The number of aliphatic carboxylic acids is 1. The van der Waals surface area contributed by atoms with Crippen molar-refractivity contribution in [2.24, 2.45) is 0 Å². The first-order chi connectivity index (χ1) is 10.9. The number of carbonyl (C=O) groups is 1. The molecular formula is C15H16ClN3O4. The van der Waals surface area contributed by atoms with E-state index < -0.39 is 18.1 Å². The van der Waals surface area contributed by atoms with E-state index in [0.717, 1.165) is 15.9 Å². The fourth-order valence-corrected chi connectivity index (χ4v) is 2.17. The van der Waals surface area contributed by atoms with Gasteiger partial charge < -0.3 is 15.2 Å². The molecule has 0 aliphatic rings. The van der Waals surface area contributed by atoms with Crippen LogP contribution < -0.4 is 15.6 Å². The quantitative estimate of drug-likeness (QED) is 0.836. The highest BCUT2D eigenvalue weighted by Gasteiger charge is 2.14. The van der Waals surface area contributed by atoms with Crippen molar-refractivity contribution in [1.29, 1.82) is 0 Å². The van der Waals surface area contributed by atoms with Gasteiger partial charge in [0, 0.05) is 6.54 Å². The Morgan fingerprint density at radius 3 is 2.61 bits per heavy atom. The minimum atomic E-state index is -1.13. The Bertz CT molecular complexity index is 772. The zero-order chi connectivity index (χ0) is 17.0. The molecule has 0 radical (unpaired) electrons. The van der Waals surface area contributed by atoms with E-state index in [1.165, 1.54) is 0 Å². The predicted octanol–water partition coefficient (Wildman–Crippen LogP) is 1.91. The number of carboxylic acid groups (broad SMARTS) is 1. The molecule has 0 fully saturated rings. The van der Waals surface area contributed by atoms with E-state index in [2.05, 4.69) is 10.3 Å². The van der Waals surface area contributed by atoms with Crippen molar-refractivity contribution in [3.8, 4) is 5.75 Å². The van der Waals surface area contributed by atoms with Gasteiger partial charge in [0.15, 0.2) is 11.0 Å². The van der Waals surface area contributed by atoms with E-state index in [4.69, 9.17) is 21.4 Å². The fraction of sp³-hybridized carbons (Fsp3) is 0.267. The number of methoxy groups -OCH3 is 1. The molecule has 0 spiro atoms. The maximum absolute atomic E-state index is 12.3. The Hall–Kier alpha value is -2.54. The molecule has 0 atom stereocenters. The van der Waals surface area contributed by atoms with Gasteiger partial charge in [0.2, 0.25) is 0 Å². The van der Waals surface area contributed by atoms with Crippen LogP contribution in [0.25, 0.3) is 0 Å². The molecule has 0 saturated carbocycles. The van der Waals surface area contributed by atoms with Gasteiger partial charge in [-0.1, -0.05) is 23.7 Å². The highest BCUT2D eigenvalue weighted by Crippen LogP contribution is 2.14. The topological polar surface area (TPSA) is 93.4 Å². The van der Waals surface area contributed by atoms with Crippen molar-refractivity contribution in [2.45, 2.75) is 20.0 Å². The molecule has 0 aliphatic carbocycles. The second kappa shape index (κ2) is 7.15. The number of ether oxygens (including phenoxy) is 1. The molecule has 2 rings (SSSR count). The van der Waals surface area contributed by atoms with Crippen LogP contribution in [0.5, 0.6) is 5.75 Å². The third-order valence-electron chi connectivity index (χ3n) is 3.27. The molecule has 1 aromatic heterocycles. The average Bonchev–Trinajstić information content (AvgIpc) is 2.54. The molecule has 2 N–H and O–H groups in total. The zero-order valence-electron chi connectivity index (χ0n) is 12.7. The standard InChI is InChI=1S/C15H16ClN3O4/c1-9-13(16)18-14(15(22)19(9)8-12(20)21)17-7-10-3-5-11(23-2)6-4-10/h3-6H,7-8H2,1-2H3,(H,17,18)(H,20,21). The maximum atomic E-state index is 12.3. The summed E-state index contributed by atoms with van der Waals surface area (Å²) >= 11 is 5.98. The molecule has 23 heavy (non-hydrogen) atoms. The molecule has 0 saturated heterocycles. The molecule has 8 heteroatoms. The number of hydrogen-bond acceptors (Lipinski definition) is 5. The van der Waals surface area contributed by atoms with Crippen LogP contribution in [0, 0.1) is 6.92 Å². The van der Waals surface area contributed by atoms with Crippen LogP contribution in [0.15, 0.2) is 29.1 Å². The first-order valence-electron chi connectivity index (χ1n) is 6.78. The van der Waals surface area contributed by atoms with Crippen molar-refractivity contribution in [2.75, 3.05) is 12.4 Å². The summed E-state index contributed by atoms with van der Waals surface area (Å²) in [6, 6.07) is 7.29. The third-order valence-corrected chi connectivity index (χ3v) is 3.63. The largest absolute Gasteiger partial charge is 0.497 e. The zero-order valence-corrected chi connectivity index (χ0v) is 13.4. The van der Waals surface area contributed by atoms with Gasteiger partial charge in [-0.25, -0.2) is 4.98 Å². The Labute approximate surface area is 137 Å². The van der Waals surface area contributed by atoms with E-state index in [1.807, 2.05) is 12.1 Å². The molecule has 0 bridgehead atoms. The summed E-state index contributed by atoms with van der Waals surface area (Å²) in [5.74, 6) is -0.384. The number of rotatable bonds is 6. The minimum Gasteiger partial charge on any atom is -0.497 e. The second-order valence-electron chi connectivity index (χ2n) is 4.82. The van der Waals surface area contributed by atoms with Crippen LogP contribution >= 0.6 is 11.6 Å². The van der Waals surface area contributed by atoms with Gasteiger partial charge >= 0.3 is 5.97 Å². The number of carboxylic acids is 1. The monoisotopic (exact) mass is 337 g/mol. The third kappa shape index (κ3) is 4.01. The Morgan fingerprint density at radius 1 is 1.39 bits per heavy atom. The van der Waals surface area contributed by atoms with E-state index >= 15 is 0 Å². The Morgan fingerprint density at radius 2 is 2.04 bits per heavy atom. The van der Waals surface area contributed by atoms with E-state index in [9.17, 15) is 9.59 Å². The van der Waals surface area contributed by atoms with Crippen molar-refractivity contribution >= 4 is 23.4 Å². The van der Waals surface area contributed by atoms with E-state index in [1.54, 1.807) is 26.2 Å². The molecule has 2 aromatic rings. The first-order valence-corrected chi connectivity index (χ1v) is 7.15. The van der Waals surface area contributed by atoms with Crippen LogP contribution in [0.3, 0.4) is 0 Å². The lowest BCUT2D eigenvalue weighted by Gasteiger charge is -2.12. The molecule has 122 valence electrons. The lowest BCUT2D eigenvalue weighted by Crippen LogP contribution is -2.29. The second-order valence-corrected chi connectivity index (χ2v) is 5.18. The van der Waals surface area contributed by atoms with Crippen molar-refractivity contribution in [3.05, 3.63) is 51.0 Å². The smallest absolute Gasteiger partial charge is 0.323 e.